The standard InChI is InChI=1S/C17H27N3O4S/c1-9(21)14-12-7-13(15(17(23)24)20(12)16(14)22)25-11-6-10(19-8-11)4-3-5-18-2/h9-12,14,18-19,21H,3-8H2,1-2H3,(H,23,24)/t9-,10-,11+,12-,14-/m1/s1. The molecule has 140 valence electrons. The molecule has 0 aromatic carbocycles. The Morgan fingerprint density at radius 1 is 1.52 bits per heavy atom. The van der Waals surface area contributed by atoms with Gasteiger partial charge in [0.2, 0.25) is 5.91 Å². The summed E-state index contributed by atoms with van der Waals surface area (Å²) in [6, 6.07) is 0.284. The van der Waals surface area contributed by atoms with Crippen molar-refractivity contribution in [3.8, 4) is 0 Å². The number of nitrogens with zero attached hydrogens (tertiary/aromatic N) is 1. The number of carboxylic acids is 1. The van der Waals surface area contributed by atoms with E-state index in [9.17, 15) is 19.8 Å². The van der Waals surface area contributed by atoms with Crippen LogP contribution in [-0.4, -0.2) is 70.6 Å². The molecule has 3 rings (SSSR count). The number of aliphatic hydroxyl groups is 1. The lowest BCUT2D eigenvalue weighted by atomic mass is 9.83. The molecule has 3 aliphatic rings. The Bertz CT molecular complexity index is 580. The number of fused-ring (bicyclic) bond motifs is 1. The number of thioether (sulfide) groups is 1. The van der Waals surface area contributed by atoms with Crippen LogP contribution in [0.1, 0.15) is 32.6 Å². The SMILES string of the molecule is CNCCC[C@@H]1C[C@H](SC2=C(C(=O)O)N3C(=O)[C@H]([C@@H](C)O)[C@H]3C2)CN1. The number of β-lactam (4-membered cyclic amide) rings is 1. The van der Waals surface area contributed by atoms with E-state index in [4.69, 9.17) is 0 Å². The highest BCUT2D eigenvalue weighted by atomic mass is 32.2. The van der Waals surface area contributed by atoms with Gasteiger partial charge >= 0.3 is 5.97 Å². The topological polar surface area (TPSA) is 102 Å². The minimum absolute atomic E-state index is 0.135. The maximum absolute atomic E-state index is 12.2. The molecule has 1 amide bonds. The number of rotatable bonds is 8. The van der Waals surface area contributed by atoms with E-state index in [0.717, 1.165) is 37.3 Å². The summed E-state index contributed by atoms with van der Waals surface area (Å²) in [5.74, 6) is -1.77. The van der Waals surface area contributed by atoms with Gasteiger partial charge in [-0.15, -0.1) is 11.8 Å². The lowest BCUT2D eigenvalue weighted by molar-refractivity contribution is -0.161. The van der Waals surface area contributed by atoms with Crippen molar-refractivity contribution in [3.05, 3.63) is 10.6 Å². The quantitative estimate of drug-likeness (QED) is 0.362. The van der Waals surface area contributed by atoms with Crippen LogP contribution in [0, 0.1) is 5.92 Å². The number of carboxylic acid groups (broad SMARTS) is 1. The van der Waals surface area contributed by atoms with Crippen LogP contribution in [0.3, 0.4) is 0 Å². The second kappa shape index (κ2) is 7.65. The number of hydrogen-bond acceptors (Lipinski definition) is 6. The fraction of sp³-hybridized carbons (Fsp3) is 0.765. The summed E-state index contributed by atoms with van der Waals surface area (Å²) in [5.41, 5.74) is 0.135. The number of amides is 1. The molecule has 0 unspecified atom stereocenters. The van der Waals surface area contributed by atoms with Crippen molar-refractivity contribution in [2.45, 2.75) is 56.0 Å². The van der Waals surface area contributed by atoms with Crippen molar-refractivity contribution >= 4 is 23.6 Å². The molecule has 4 N–H and O–H groups in total. The second-order valence-electron chi connectivity index (χ2n) is 7.15. The first-order valence-electron chi connectivity index (χ1n) is 8.96. The molecule has 0 bridgehead atoms. The normalized spacial score (nSPS) is 32.8. The third-order valence-corrected chi connectivity index (χ3v) is 6.70. The van der Waals surface area contributed by atoms with Crippen LogP contribution in [0.4, 0.5) is 0 Å². The number of carbonyl (C=O) groups is 2. The Morgan fingerprint density at radius 2 is 2.28 bits per heavy atom. The molecule has 0 aromatic rings. The van der Waals surface area contributed by atoms with Crippen LogP contribution >= 0.6 is 11.8 Å². The minimum Gasteiger partial charge on any atom is -0.477 e. The van der Waals surface area contributed by atoms with Gasteiger partial charge in [-0.05, 0) is 39.8 Å². The fourth-order valence-electron chi connectivity index (χ4n) is 4.15. The highest BCUT2D eigenvalue weighted by Gasteiger charge is 2.57. The van der Waals surface area contributed by atoms with Crippen LogP contribution in [0.5, 0.6) is 0 Å². The molecule has 3 heterocycles. The second-order valence-corrected chi connectivity index (χ2v) is 8.54. The first-order valence-corrected chi connectivity index (χ1v) is 9.84. The molecule has 0 aliphatic carbocycles. The predicted molar refractivity (Wildman–Crippen MR) is 96.0 cm³/mol. The summed E-state index contributed by atoms with van der Waals surface area (Å²) < 4.78 is 0. The third-order valence-electron chi connectivity index (χ3n) is 5.36. The Labute approximate surface area is 152 Å². The summed E-state index contributed by atoms with van der Waals surface area (Å²) in [6.45, 7) is 3.47. The van der Waals surface area contributed by atoms with Gasteiger partial charge in [0.1, 0.15) is 5.70 Å². The van der Waals surface area contributed by atoms with Gasteiger partial charge in [0, 0.05) is 29.2 Å². The van der Waals surface area contributed by atoms with Crippen LogP contribution in [0.25, 0.3) is 0 Å². The number of nitrogens with one attached hydrogen (secondary N) is 2. The Hall–Kier alpha value is -1.09. The zero-order valence-corrected chi connectivity index (χ0v) is 15.5. The van der Waals surface area contributed by atoms with Gasteiger partial charge in [0.05, 0.1) is 18.1 Å². The summed E-state index contributed by atoms with van der Waals surface area (Å²) >= 11 is 1.60. The molecule has 0 aromatic heterocycles. The molecule has 8 heteroatoms. The Kier molecular flexibility index (Phi) is 5.72. The molecular formula is C17H27N3O4S. The average molecular weight is 369 g/mol. The summed E-state index contributed by atoms with van der Waals surface area (Å²) in [4.78, 5) is 26.1. The third kappa shape index (κ3) is 3.58. The molecule has 7 nitrogen and oxygen atoms in total. The first kappa shape index (κ1) is 18.7. The average Bonchev–Trinajstić information content (AvgIpc) is 3.10. The van der Waals surface area contributed by atoms with Gasteiger partial charge in [-0.3, -0.25) is 4.79 Å². The van der Waals surface area contributed by atoms with Gasteiger partial charge in [-0.1, -0.05) is 0 Å². The predicted octanol–water partition coefficient (Wildman–Crippen LogP) is 0.357. The summed E-state index contributed by atoms with van der Waals surface area (Å²) in [5, 5.41) is 26.4. The van der Waals surface area contributed by atoms with E-state index in [1.165, 1.54) is 4.90 Å². The van der Waals surface area contributed by atoms with Crippen molar-refractivity contribution < 1.29 is 19.8 Å². The van der Waals surface area contributed by atoms with E-state index in [1.54, 1.807) is 18.7 Å². The summed E-state index contributed by atoms with van der Waals surface area (Å²) in [7, 11) is 1.95. The van der Waals surface area contributed by atoms with Crippen molar-refractivity contribution in [2.75, 3.05) is 20.1 Å². The molecule has 25 heavy (non-hydrogen) atoms. The maximum atomic E-state index is 12.2. The van der Waals surface area contributed by atoms with Crippen LogP contribution in [0.2, 0.25) is 0 Å². The van der Waals surface area contributed by atoms with E-state index in [0.29, 0.717) is 17.7 Å². The Morgan fingerprint density at radius 3 is 2.92 bits per heavy atom. The van der Waals surface area contributed by atoms with E-state index < -0.39 is 18.0 Å². The van der Waals surface area contributed by atoms with Crippen LogP contribution < -0.4 is 10.6 Å². The highest BCUT2D eigenvalue weighted by Crippen LogP contribution is 2.48. The number of aliphatic carboxylic acids is 1. The van der Waals surface area contributed by atoms with Gasteiger partial charge in [0.25, 0.3) is 0 Å². The van der Waals surface area contributed by atoms with Crippen molar-refractivity contribution in [2.24, 2.45) is 5.92 Å². The zero-order valence-electron chi connectivity index (χ0n) is 14.7. The van der Waals surface area contributed by atoms with E-state index in [2.05, 4.69) is 10.6 Å². The highest BCUT2D eigenvalue weighted by molar-refractivity contribution is 8.03. The van der Waals surface area contributed by atoms with Crippen LogP contribution in [0.15, 0.2) is 10.6 Å². The molecule has 2 saturated heterocycles. The van der Waals surface area contributed by atoms with Gasteiger partial charge in [0.15, 0.2) is 0 Å². The zero-order chi connectivity index (χ0) is 18.1. The number of hydrogen-bond donors (Lipinski definition) is 4. The van der Waals surface area contributed by atoms with Gasteiger partial charge in [-0.2, -0.15) is 0 Å². The largest absolute Gasteiger partial charge is 0.477 e. The molecular weight excluding hydrogens is 342 g/mol. The lowest BCUT2D eigenvalue weighted by Crippen LogP contribution is -2.61. The Balaban J connectivity index is 1.62. The van der Waals surface area contributed by atoms with Crippen molar-refractivity contribution in [1.82, 2.24) is 15.5 Å². The molecule has 0 spiro atoms. The van der Waals surface area contributed by atoms with Gasteiger partial charge in [-0.25, -0.2) is 4.79 Å². The smallest absolute Gasteiger partial charge is 0.353 e. The molecule has 3 aliphatic heterocycles. The van der Waals surface area contributed by atoms with E-state index >= 15 is 0 Å². The molecule has 0 saturated carbocycles. The van der Waals surface area contributed by atoms with E-state index in [-0.39, 0.29) is 17.6 Å². The number of aliphatic hydroxyl groups excluding tert-OH is 1. The van der Waals surface area contributed by atoms with E-state index in [1.807, 2.05) is 7.05 Å². The van der Waals surface area contributed by atoms with Crippen LogP contribution in [-0.2, 0) is 9.59 Å². The molecule has 5 atom stereocenters. The van der Waals surface area contributed by atoms with Crippen molar-refractivity contribution in [3.63, 3.8) is 0 Å². The maximum Gasteiger partial charge on any atom is 0.353 e. The summed E-state index contributed by atoms with van der Waals surface area (Å²) in [6.07, 6.45) is 3.06. The molecule has 0 radical (unpaired) electrons. The minimum atomic E-state index is -1.04. The fourth-order valence-corrected chi connectivity index (χ4v) is 5.63. The lowest BCUT2D eigenvalue weighted by Gasteiger charge is -2.44. The number of carbonyl (C=O) groups excluding carboxylic acids is 1. The molecule has 2 fully saturated rings. The van der Waals surface area contributed by atoms with Gasteiger partial charge < -0.3 is 25.7 Å². The monoisotopic (exact) mass is 369 g/mol. The van der Waals surface area contributed by atoms with Crippen molar-refractivity contribution in [1.29, 1.82) is 0 Å². The first-order chi connectivity index (χ1) is 11.9.